The van der Waals surface area contributed by atoms with E-state index in [4.69, 9.17) is 0 Å². The maximum absolute atomic E-state index is 3.96. The van der Waals surface area contributed by atoms with Gasteiger partial charge in [-0.25, -0.2) is 0 Å². The van der Waals surface area contributed by atoms with Crippen LogP contribution in [0.5, 0.6) is 0 Å². The van der Waals surface area contributed by atoms with Crippen molar-refractivity contribution in [2.24, 2.45) is 0 Å². The van der Waals surface area contributed by atoms with Crippen LogP contribution in [0.15, 0.2) is 11.6 Å². The van der Waals surface area contributed by atoms with E-state index < -0.39 is 0 Å². The van der Waals surface area contributed by atoms with Gasteiger partial charge in [0.1, 0.15) is 0 Å². The molecular weight excluding hydrogens is 157 g/mol. The van der Waals surface area contributed by atoms with E-state index in [-0.39, 0.29) is 0 Å². The summed E-state index contributed by atoms with van der Waals surface area (Å²) in [4.78, 5) is 3.96. The van der Waals surface area contributed by atoms with Gasteiger partial charge in [0.25, 0.3) is 0 Å². The van der Waals surface area contributed by atoms with E-state index in [2.05, 4.69) is 4.98 Å². The first-order valence-electron chi connectivity index (χ1n) is 1.54. The van der Waals surface area contributed by atoms with E-state index in [1.807, 2.05) is 11.6 Å². The van der Waals surface area contributed by atoms with Crippen LogP contribution in [0.2, 0.25) is 0 Å². The van der Waals surface area contributed by atoms with Crippen molar-refractivity contribution in [2.75, 3.05) is 0 Å². The second-order valence-electron chi connectivity index (χ2n) is 0.870. The Kier molecular flexibility index (Phi) is 1.28. The summed E-state index contributed by atoms with van der Waals surface area (Å²) in [5.41, 5.74) is 0. The fourth-order valence-corrected chi connectivity index (χ4v) is 1.29. The van der Waals surface area contributed by atoms with E-state index in [0.29, 0.717) is 0 Å². The molecule has 1 rings (SSSR count). The van der Waals surface area contributed by atoms with Crippen LogP contribution in [0.3, 0.4) is 0 Å². The summed E-state index contributed by atoms with van der Waals surface area (Å²) in [6.07, 6.45) is 1.82. The van der Waals surface area contributed by atoms with Gasteiger partial charge in [0.05, 0.1) is 0 Å². The van der Waals surface area contributed by atoms with Gasteiger partial charge in [-0.1, -0.05) is 0 Å². The molecule has 0 aliphatic heterocycles. The molecule has 0 bridgehead atoms. The van der Waals surface area contributed by atoms with Gasteiger partial charge in [-0.05, 0) is 0 Å². The fourth-order valence-electron chi connectivity index (χ4n) is 0.234. The first kappa shape index (κ1) is 4.35. The third kappa shape index (κ3) is 0.824. The summed E-state index contributed by atoms with van der Waals surface area (Å²) in [6.45, 7) is 0. The molecule has 0 aliphatic carbocycles. The van der Waals surface area contributed by atoms with Gasteiger partial charge in [-0.3, -0.25) is 0 Å². The zero-order valence-corrected chi connectivity index (χ0v) is 6.33. The van der Waals surface area contributed by atoms with Crippen LogP contribution >= 0.6 is 11.3 Å². The molecular formula is C3H4AsNS. The molecule has 0 saturated carbocycles. The molecule has 0 saturated heterocycles. The van der Waals surface area contributed by atoms with Crippen LogP contribution in [0.25, 0.3) is 0 Å². The predicted molar refractivity (Wildman–Crippen MR) is 30.3 cm³/mol. The first-order valence-corrected chi connectivity index (χ1v) is 3.63. The molecule has 1 heterocycles. The molecule has 1 nitrogen and oxygen atoms in total. The zero-order valence-electron chi connectivity index (χ0n) is 3.09. The fraction of sp³-hybridized carbons (Fsp3) is 0. The normalized spacial score (nSPS) is 8.83. The topological polar surface area (TPSA) is 12.9 Å². The first-order chi connectivity index (χ1) is 2.89. The maximum atomic E-state index is 3.96. The summed E-state index contributed by atoms with van der Waals surface area (Å²) in [7, 11) is 0. The molecule has 0 aliphatic rings. The van der Waals surface area contributed by atoms with Gasteiger partial charge < -0.3 is 0 Å². The van der Waals surface area contributed by atoms with Gasteiger partial charge in [0.2, 0.25) is 0 Å². The molecule has 0 N–H and O–H groups in total. The Morgan fingerprint density at radius 3 is 2.83 bits per heavy atom. The molecule has 0 radical (unpaired) electrons. The molecule has 0 fully saturated rings. The molecule has 1 aromatic rings. The summed E-state index contributed by atoms with van der Waals surface area (Å²) in [6, 6.07) is 0. The minimum atomic E-state index is 1.20. The Labute approximate surface area is 48.9 Å². The Morgan fingerprint density at radius 2 is 2.67 bits per heavy atom. The SMILES string of the molecule is [AsH2]c1nccs1. The summed E-state index contributed by atoms with van der Waals surface area (Å²) >= 11 is 3.29. The van der Waals surface area contributed by atoms with Gasteiger partial charge in [-0.15, -0.1) is 0 Å². The average Bonchev–Trinajstić information content (AvgIpc) is 1.86. The molecule has 6 heavy (non-hydrogen) atoms. The third-order valence-electron chi connectivity index (χ3n) is 0.451. The number of rotatable bonds is 0. The molecule has 1 unspecified atom stereocenters. The van der Waals surface area contributed by atoms with Crippen molar-refractivity contribution in [1.82, 2.24) is 4.98 Å². The Morgan fingerprint density at radius 1 is 1.83 bits per heavy atom. The van der Waals surface area contributed by atoms with E-state index >= 15 is 0 Å². The molecule has 0 amide bonds. The summed E-state index contributed by atoms with van der Waals surface area (Å²) in [5.74, 6) is 0. The number of hydrogen-bond donors (Lipinski definition) is 0. The van der Waals surface area contributed by atoms with Crippen LogP contribution < -0.4 is 3.80 Å². The Bertz CT molecular complexity index is 114. The molecule has 0 spiro atoms. The molecule has 0 aromatic carbocycles. The molecule has 1 atom stereocenters. The second kappa shape index (κ2) is 1.76. The van der Waals surface area contributed by atoms with E-state index in [1.54, 1.807) is 28.2 Å². The number of aromatic nitrogens is 1. The zero-order chi connectivity index (χ0) is 4.41. The third-order valence-corrected chi connectivity index (χ3v) is 2.23. The second-order valence-corrected chi connectivity index (χ2v) is 3.82. The van der Waals surface area contributed by atoms with Crippen molar-refractivity contribution in [3.8, 4) is 0 Å². The quantitative estimate of drug-likeness (QED) is 0.463. The van der Waals surface area contributed by atoms with Crippen LogP contribution in [0, 0.1) is 0 Å². The van der Waals surface area contributed by atoms with E-state index in [9.17, 15) is 0 Å². The Balaban J connectivity index is 3.05. The van der Waals surface area contributed by atoms with Crippen molar-refractivity contribution in [2.45, 2.75) is 0 Å². The standard InChI is InChI=1S/C3H4AsNS/c4-3-5-1-2-6-3/h1-2H,4H2. The van der Waals surface area contributed by atoms with Gasteiger partial charge in [0.15, 0.2) is 0 Å². The van der Waals surface area contributed by atoms with Crippen molar-refractivity contribution in [3.63, 3.8) is 0 Å². The van der Waals surface area contributed by atoms with Gasteiger partial charge >= 0.3 is 48.5 Å². The molecule has 3 heteroatoms. The van der Waals surface area contributed by atoms with Gasteiger partial charge in [0, 0.05) is 0 Å². The molecule has 32 valence electrons. The van der Waals surface area contributed by atoms with Crippen molar-refractivity contribution in [1.29, 1.82) is 0 Å². The van der Waals surface area contributed by atoms with Crippen LogP contribution in [-0.4, -0.2) is 21.8 Å². The summed E-state index contributed by atoms with van der Waals surface area (Å²) in [5, 5.41) is 1.98. The van der Waals surface area contributed by atoms with Crippen LogP contribution in [-0.2, 0) is 0 Å². The number of hydrogen-bond acceptors (Lipinski definition) is 2. The number of nitrogens with zero attached hydrogens (tertiary/aromatic N) is 1. The average molecular weight is 161 g/mol. The molecule has 1 aromatic heterocycles. The van der Waals surface area contributed by atoms with Crippen LogP contribution in [0.1, 0.15) is 0 Å². The van der Waals surface area contributed by atoms with Crippen molar-refractivity contribution < 1.29 is 0 Å². The van der Waals surface area contributed by atoms with Gasteiger partial charge in [-0.2, -0.15) is 0 Å². The van der Waals surface area contributed by atoms with Crippen molar-refractivity contribution >= 4 is 32.0 Å². The monoisotopic (exact) mass is 161 g/mol. The minimum absolute atomic E-state index is 1.20. The summed E-state index contributed by atoms with van der Waals surface area (Å²) < 4.78 is 1.20. The van der Waals surface area contributed by atoms with E-state index in [0.717, 1.165) is 0 Å². The van der Waals surface area contributed by atoms with Crippen LogP contribution in [0.4, 0.5) is 0 Å². The van der Waals surface area contributed by atoms with E-state index in [1.165, 1.54) is 3.80 Å². The number of thiazole rings is 1. The predicted octanol–water partition coefficient (Wildman–Crippen LogP) is -0.599. The Hall–Kier alpha value is 0.188. The van der Waals surface area contributed by atoms with Crippen molar-refractivity contribution in [3.05, 3.63) is 11.6 Å².